The van der Waals surface area contributed by atoms with Crippen LogP contribution in [-0.2, 0) is 13.6 Å². The van der Waals surface area contributed by atoms with Crippen molar-refractivity contribution in [2.75, 3.05) is 6.54 Å². The van der Waals surface area contributed by atoms with Crippen molar-refractivity contribution in [3.05, 3.63) is 35.9 Å². The van der Waals surface area contributed by atoms with Crippen LogP contribution in [0.2, 0.25) is 0 Å². The Morgan fingerprint density at radius 1 is 1.42 bits per heavy atom. The van der Waals surface area contributed by atoms with Gasteiger partial charge in [-0.3, -0.25) is 0 Å². The summed E-state index contributed by atoms with van der Waals surface area (Å²) >= 11 is 1.50. The smallest absolute Gasteiger partial charge is 0.190 e. The second-order valence-corrected chi connectivity index (χ2v) is 5.21. The Morgan fingerprint density at radius 2 is 2.26 bits per heavy atom. The summed E-state index contributed by atoms with van der Waals surface area (Å²) in [5.74, 6) is -0.212. The Morgan fingerprint density at radius 3 is 2.95 bits per heavy atom. The zero-order valence-electron chi connectivity index (χ0n) is 11.1. The van der Waals surface area contributed by atoms with Crippen molar-refractivity contribution in [1.82, 2.24) is 20.1 Å². The molecule has 0 amide bonds. The molecule has 0 radical (unpaired) electrons. The lowest BCUT2D eigenvalue weighted by atomic mass is 10.2. The van der Waals surface area contributed by atoms with Crippen LogP contribution in [0.25, 0.3) is 0 Å². The van der Waals surface area contributed by atoms with Gasteiger partial charge >= 0.3 is 0 Å². The highest BCUT2D eigenvalue weighted by atomic mass is 32.2. The van der Waals surface area contributed by atoms with Crippen LogP contribution in [0.15, 0.2) is 34.6 Å². The van der Waals surface area contributed by atoms with Gasteiger partial charge in [-0.15, -0.1) is 0 Å². The summed E-state index contributed by atoms with van der Waals surface area (Å²) in [5.41, 5.74) is 0.946. The van der Waals surface area contributed by atoms with Crippen molar-refractivity contribution in [1.29, 1.82) is 0 Å². The first kappa shape index (κ1) is 14.0. The molecule has 0 atom stereocenters. The van der Waals surface area contributed by atoms with Crippen molar-refractivity contribution in [3.63, 3.8) is 0 Å². The van der Waals surface area contributed by atoms with Crippen LogP contribution in [0.1, 0.15) is 18.9 Å². The molecule has 0 spiro atoms. The molecule has 0 aliphatic rings. The van der Waals surface area contributed by atoms with Crippen molar-refractivity contribution >= 4 is 11.8 Å². The second kappa shape index (κ2) is 6.68. The Balaban J connectivity index is 2.16. The predicted octanol–water partition coefficient (Wildman–Crippen LogP) is 2.61. The first-order valence-electron chi connectivity index (χ1n) is 6.21. The van der Waals surface area contributed by atoms with Gasteiger partial charge in [0.25, 0.3) is 0 Å². The lowest BCUT2D eigenvalue weighted by Gasteiger charge is -2.09. The standard InChI is InChI=1S/C13H17FN4S/c1-3-6-15-8-10-7-11(14)4-5-12(10)19-13-16-9-17-18(13)2/h4-5,7,9,15H,3,6,8H2,1-2H3. The van der Waals surface area contributed by atoms with Gasteiger partial charge in [0.05, 0.1) is 0 Å². The molecule has 1 N–H and O–H groups in total. The first-order valence-corrected chi connectivity index (χ1v) is 7.03. The molecule has 4 nitrogen and oxygen atoms in total. The fourth-order valence-corrected chi connectivity index (χ4v) is 2.54. The number of rotatable bonds is 6. The molecule has 1 heterocycles. The van der Waals surface area contributed by atoms with E-state index in [0.29, 0.717) is 6.54 Å². The van der Waals surface area contributed by atoms with E-state index in [9.17, 15) is 4.39 Å². The maximum atomic E-state index is 13.3. The summed E-state index contributed by atoms with van der Waals surface area (Å²) in [5, 5.41) is 8.12. The van der Waals surface area contributed by atoms with Gasteiger partial charge in [-0.25, -0.2) is 14.1 Å². The summed E-state index contributed by atoms with van der Waals surface area (Å²) in [6, 6.07) is 4.83. The lowest BCUT2D eigenvalue weighted by molar-refractivity contribution is 0.615. The van der Waals surface area contributed by atoms with Crippen molar-refractivity contribution in [2.24, 2.45) is 7.05 Å². The molecule has 19 heavy (non-hydrogen) atoms. The predicted molar refractivity (Wildman–Crippen MR) is 73.5 cm³/mol. The first-order chi connectivity index (χ1) is 9.20. The van der Waals surface area contributed by atoms with Gasteiger partial charge < -0.3 is 5.32 Å². The van der Waals surface area contributed by atoms with E-state index >= 15 is 0 Å². The summed E-state index contributed by atoms with van der Waals surface area (Å²) in [6.45, 7) is 3.68. The second-order valence-electron chi connectivity index (χ2n) is 4.20. The lowest BCUT2D eigenvalue weighted by Crippen LogP contribution is -2.14. The number of nitrogens with one attached hydrogen (secondary N) is 1. The molecule has 0 bridgehead atoms. The van der Waals surface area contributed by atoms with Crippen molar-refractivity contribution in [2.45, 2.75) is 29.9 Å². The van der Waals surface area contributed by atoms with Crippen LogP contribution in [0.5, 0.6) is 0 Å². The van der Waals surface area contributed by atoms with E-state index in [4.69, 9.17) is 0 Å². The van der Waals surface area contributed by atoms with Crippen molar-refractivity contribution < 1.29 is 4.39 Å². The molecule has 2 rings (SSSR count). The van der Waals surface area contributed by atoms with Gasteiger partial charge in [-0.2, -0.15) is 5.10 Å². The summed E-state index contributed by atoms with van der Waals surface area (Å²) < 4.78 is 15.0. The number of hydrogen-bond donors (Lipinski definition) is 1. The number of benzene rings is 1. The highest BCUT2D eigenvalue weighted by Gasteiger charge is 2.09. The average Bonchev–Trinajstić information content (AvgIpc) is 2.78. The Labute approximate surface area is 116 Å². The minimum absolute atomic E-state index is 0.212. The largest absolute Gasteiger partial charge is 0.313 e. The molecule has 1 aromatic heterocycles. The molecule has 0 unspecified atom stereocenters. The van der Waals surface area contributed by atoms with Gasteiger partial charge in [0.2, 0.25) is 0 Å². The average molecular weight is 280 g/mol. The summed E-state index contributed by atoms with van der Waals surface area (Å²) in [7, 11) is 1.84. The molecule has 0 aliphatic heterocycles. The fourth-order valence-electron chi connectivity index (χ4n) is 1.66. The van der Waals surface area contributed by atoms with Gasteiger partial charge in [-0.05, 0) is 48.5 Å². The summed E-state index contributed by atoms with van der Waals surface area (Å²) in [4.78, 5) is 5.17. The van der Waals surface area contributed by atoms with Gasteiger partial charge in [0, 0.05) is 18.5 Å². The zero-order valence-corrected chi connectivity index (χ0v) is 11.9. The highest BCUT2D eigenvalue weighted by molar-refractivity contribution is 7.99. The third kappa shape index (κ3) is 3.78. The summed E-state index contributed by atoms with van der Waals surface area (Å²) in [6.07, 6.45) is 2.57. The Kier molecular flexibility index (Phi) is 4.93. The molecule has 0 saturated heterocycles. The Bertz CT molecular complexity index is 541. The minimum atomic E-state index is -0.212. The molecule has 2 aromatic rings. The molecule has 6 heteroatoms. The van der Waals surface area contributed by atoms with E-state index in [2.05, 4.69) is 22.3 Å². The van der Waals surface area contributed by atoms with Crippen molar-refractivity contribution in [3.8, 4) is 0 Å². The molecule has 102 valence electrons. The highest BCUT2D eigenvalue weighted by Crippen LogP contribution is 2.29. The van der Waals surface area contributed by atoms with Gasteiger partial charge in [0.1, 0.15) is 12.1 Å². The fraction of sp³-hybridized carbons (Fsp3) is 0.385. The van der Waals surface area contributed by atoms with E-state index in [1.165, 1.54) is 24.2 Å². The van der Waals surface area contributed by atoms with E-state index in [1.807, 2.05) is 7.05 Å². The maximum absolute atomic E-state index is 13.3. The van der Waals surface area contributed by atoms with Crippen LogP contribution in [0.3, 0.4) is 0 Å². The number of halogens is 1. The quantitative estimate of drug-likeness (QED) is 0.826. The van der Waals surface area contributed by atoms with E-state index in [0.717, 1.165) is 28.6 Å². The molecule has 0 aliphatic carbocycles. The molecule has 0 fully saturated rings. The SMILES string of the molecule is CCCNCc1cc(F)ccc1Sc1ncnn1C. The molecular formula is C13H17FN4S. The van der Waals surface area contributed by atoms with Crippen LogP contribution in [-0.4, -0.2) is 21.3 Å². The number of aryl methyl sites for hydroxylation is 1. The number of nitrogens with zero attached hydrogens (tertiary/aromatic N) is 3. The topological polar surface area (TPSA) is 42.7 Å². The van der Waals surface area contributed by atoms with Crippen LogP contribution in [0.4, 0.5) is 4.39 Å². The molecular weight excluding hydrogens is 263 g/mol. The monoisotopic (exact) mass is 280 g/mol. The van der Waals surface area contributed by atoms with Crippen LogP contribution >= 0.6 is 11.8 Å². The number of hydrogen-bond acceptors (Lipinski definition) is 4. The van der Waals surface area contributed by atoms with Gasteiger partial charge in [0.15, 0.2) is 5.16 Å². The third-order valence-electron chi connectivity index (χ3n) is 2.64. The normalized spacial score (nSPS) is 10.9. The van der Waals surface area contributed by atoms with E-state index < -0.39 is 0 Å². The van der Waals surface area contributed by atoms with Crippen LogP contribution < -0.4 is 5.32 Å². The maximum Gasteiger partial charge on any atom is 0.190 e. The van der Waals surface area contributed by atoms with E-state index in [1.54, 1.807) is 16.8 Å². The number of aromatic nitrogens is 3. The minimum Gasteiger partial charge on any atom is -0.313 e. The molecule has 1 aromatic carbocycles. The Hall–Kier alpha value is -1.40. The van der Waals surface area contributed by atoms with E-state index in [-0.39, 0.29) is 5.82 Å². The third-order valence-corrected chi connectivity index (χ3v) is 3.81. The zero-order chi connectivity index (χ0) is 13.7. The molecule has 0 saturated carbocycles. The van der Waals surface area contributed by atoms with Crippen LogP contribution in [0, 0.1) is 5.82 Å². The van der Waals surface area contributed by atoms with Gasteiger partial charge in [-0.1, -0.05) is 6.92 Å².